The number of hydrogen-bond acceptors (Lipinski definition) is 3. The van der Waals surface area contributed by atoms with E-state index in [1.165, 1.54) is 0 Å². The van der Waals surface area contributed by atoms with E-state index >= 15 is 0 Å². The van der Waals surface area contributed by atoms with Gasteiger partial charge in [0.2, 0.25) is 5.91 Å². The highest BCUT2D eigenvalue weighted by molar-refractivity contribution is 5.81. The fraction of sp³-hybridized carbons (Fsp3) is 0.400. The summed E-state index contributed by atoms with van der Waals surface area (Å²) in [6.45, 7) is 9.18. The first kappa shape index (κ1) is 15.2. The molecule has 0 aliphatic rings. The van der Waals surface area contributed by atoms with Crippen LogP contribution in [0.4, 0.5) is 0 Å². The molecule has 1 atom stereocenters. The predicted octanol–water partition coefficient (Wildman–Crippen LogP) is 1.87. The molecule has 0 heterocycles. The summed E-state index contributed by atoms with van der Waals surface area (Å²) in [6, 6.07) is 7.59. The van der Waals surface area contributed by atoms with E-state index in [2.05, 4.69) is 17.2 Å². The Balaban J connectivity index is 2.40. The number of hydrogen-bond donors (Lipinski definition) is 2. The number of carbonyl (C=O) groups excluding carboxylic acids is 1. The van der Waals surface area contributed by atoms with Crippen molar-refractivity contribution in [3.63, 3.8) is 0 Å². The number of ether oxygens (including phenoxy) is 1. The molecule has 0 aliphatic heterocycles. The number of amides is 1. The Morgan fingerprint density at radius 2 is 2.11 bits per heavy atom. The Morgan fingerprint density at radius 3 is 2.68 bits per heavy atom. The van der Waals surface area contributed by atoms with Crippen LogP contribution in [0.5, 0.6) is 5.75 Å². The van der Waals surface area contributed by atoms with Crippen LogP contribution in [0.2, 0.25) is 0 Å². The van der Waals surface area contributed by atoms with Crippen LogP contribution < -0.4 is 15.4 Å². The summed E-state index contributed by atoms with van der Waals surface area (Å²) >= 11 is 0. The van der Waals surface area contributed by atoms with Crippen LogP contribution in [0.1, 0.15) is 19.4 Å². The third kappa shape index (κ3) is 5.57. The molecule has 0 saturated carbocycles. The summed E-state index contributed by atoms with van der Waals surface area (Å²) < 4.78 is 5.40. The van der Waals surface area contributed by atoms with E-state index in [1.807, 2.05) is 38.1 Å². The van der Waals surface area contributed by atoms with Crippen LogP contribution in [0.25, 0.3) is 0 Å². The van der Waals surface area contributed by atoms with Crippen molar-refractivity contribution >= 4 is 5.91 Å². The van der Waals surface area contributed by atoms with Crippen molar-refractivity contribution in [2.24, 2.45) is 0 Å². The maximum atomic E-state index is 11.5. The standard InChI is InChI=1S/C15H22N2O2/c1-4-10-19-14-8-6-13(7-9-14)11-17-12(3)15(18)16-5-2/h4,6-9,12,17H,1,5,10-11H2,2-3H3,(H,16,18). The van der Waals surface area contributed by atoms with Gasteiger partial charge in [0.1, 0.15) is 12.4 Å². The second-order valence-electron chi connectivity index (χ2n) is 4.24. The molecule has 104 valence electrons. The Labute approximate surface area is 114 Å². The molecule has 0 radical (unpaired) electrons. The molecule has 1 rings (SSSR count). The molecule has 1 aromatic rings. The molecule has 0 aromatic heterocycles. The molecular formula is C15H22N2O2. The highest BCUT2D eigenvalue weighted by atomic mass is 16.5. The van der Waals surface area contributed by atoms with Crippen molar-refractivity contribution < 1.29 is 9.53 Å². The van der Waals surface area contributed by atoms with Gasteiger partial charge in [-0.1, -0.05) is 24.8 Å². The van der Waals surface area contributed by atoms with Gasteiger partial charge in [-0.05, 0) is 31.5 Å². The zero-order valence-electron chi connectivity index (χ0n) is 11.6. The molecule has 0 spiro atoms. The molecule has 1 amide bonds. The van der Waals surface area contributed by atoms with E-state index < -0.39 is 0 Å². The van der Waals surface area contributed by atoms with Crippen LogP contribution in [0.15, 0.2) is 36.9 Å². The maximum Gasteiger partial charge on any atom is 0.236 e. The summed E-state index contributed by atoms with van der Waals surface area (Å²) in [5.41, 5.74) is 1.11. The molecule has 4 nitrogen and oxygen atoms in total. The first-order chi connectivity index (χ1) is 9.17. The lowest BCUT2D eigenvalue weighted by atomic mass is 10.2. The van der Waals surface area contributed by atoms with E-state index in [-0.39, 0.29) is 11.9 Å². The molecule has 2 N–H and O–H groups in total. The van der Waals surface area contributed by atoms with Gasteiger partial charge in [0.15, 0.2) is 0 Å². The average Bonchev–Trinajstić information content (AvgIpc) is 2.43. The van der Waals surface area contributed by atoms with Crippen LogP contribution in [0.3, 0.4) is 0 Å². The minimum Gasteiger partial charge on any atom is -0.490 e. The van der Waals surface area contributed by atoms with Crippen LogP contribution in [-0.4, -0.2) is 25.1 Å². The molecule has 19 heavy (non-hydrogen) atoms. The lowest BCUT2D eigenvalue weighted by Crippen LogP contribution is -2.41. The van der Waals surface area contributed by atoms with E-state index in [1.54, 1.807) is 6.08 Å². The number of rotatable bonds is 8. The Hall–Kier alpha value is -1.81. The van der Waals surface area contributed by atoms with Gasteiger partial charge in [-0.2, -0.15) is 0 Å². The van der Waals surface area contributed by atoms with Crippen molar-refractivity contribution in [1.29, 1.82) is 0 Å². The second kappa shape index (κ2) is 8.32. The molecule has 0 saturated heterocycles. The quantitative estimate of drug-likeness (QED) is 0.703. The van der Waals surface area contributed by atoms with E-state index in [4.69, 9.17) is 4.74 Å². The van der Waals surface area contributed by atoms with E-state index in [0.29, 0.717) is 19.7 Å². The van der Waals surface area contributed by atoms with Crippen molar-refractivity contribution in [3.8, 4) is 5.75 Å². The van der Waals surface area contributed by atoms with Crippen LogP contribution in [-0.2, 0) is 11.3 Å². The summed E-state index contributed by atoms with van der Waals surface area (Å²) in [7, 11) is 0. The SMILES string of the molecule is C=CCOc1ccc(CNC(C)C(=O)NCC)cc1. The van der Waals surface area contributed by atoms with Gasteiger partial charge in [-0.25, -0.2) is 0 Å². The summed E-state index contributed by atoms with van der Waals surface area (Å²) in [5, 5.41) is 5.96. The van der Waals surface area contributed by atoms with Crippen molar-refractivity contribution in [3.05, 3.63) is 42.5 Å². The normalized spacial score (nSPS) is 11.7. The Bertz CT molecular complexity index is 401. The predicted molar refractivity (Wildman–Crippen MR) is 77.1 cm³/mol. The highest BCUT2D eigenvalue weighted by Gasteiger charge is 2.10. The first-order valence-corrected chi connectivity index (χ1v) is 6.51. The molecule has 0 bridgehead atoms. The molecule has 1 unspecified atom stereocenters. The lowest BCUT2D eigenvalue weighted by Gasteiger charge is -2.13. The monoisotopic (exact) mass is 262 g/mol. The van der Waals surface area contributed by atoms with Crippen molar-refractivity contribution in [2.75, 3.05) is 13.2 Å². The van der Waals surface area contributed by atoms with Crippen LogP contribution in [0, 0.1) is 0 Å². The molecule has 1 aromatic carbocycles. The van der Waals surface area contributed by atoms with Crippen molar-refractivity contribution in [1.82, 2.24) is 10.6 Å². The molecule has 0 fully saturated rings. The number of carbonyl (C=O) groups is 1. The zero-order chi connectivity index (χ0) is 14.1. The smallest absolute Gasteiger partial charge is 0.236 e. The molecule has 0 aliphatic carbocycles. The minimum absolute atomic E-state index is 0.0217. The van der Waals surface area contributed by atoms with E-state index in [0.717, 1.165) is 11.3 Å². The Kier molecular flexibility index (Phi) is 6.68. The maximum absolute atomic E-state index is 11.5. The van der Waals surface area contributed by atoms with Gasteiger partial charge >= 0.3 is 0 Å². The minimum atomic E-state index is -0.198. The number of benzene rings is 1. The molecular weight excluding hydrogens is 240 g/mol. The fourth-order valence-electron chi connectivity index (χ4n) is 1.55. The number of nitrogens with one attached hydrogen (secondary N) is 2. The van der Waals surface area contributed by atoms with Crippen LogP contribution >= 0.6 is 0 Å². The highest BCUT2D eigenvalue weighted by Crippen LogP contribution is 2.12. The first-order valence-electron chi connectivity index (χ1n) is 6.51. The van der Waals surface area contributed by atoms with Gasteiger partial charge in [-0.15, -0.1) is 0 Å². The van der Waals surface area contributed by atoms with Gasteiger partial charge in [0, 0.05) is 13.1 Å². The Morgan fingerprint density at radius 1 is 1.42 bits per heavy atom. The largest absolute Gasteiger partial charge is 0.490 e. The van der Waals surface area contributed by atoms with Crippen molar-refractivity contribution in [2.45, 2.75) is 26.4 Å². The summed E-state index contributed by atoms with van der Waals surface area (Å²) in [4.78, 5) is 11.5. The number of likely N-dealkylation sites (N-methyl/N-ethyl adjacent to an activating group) is 1. The summed E-state index contributed by atoms with van der Waals surface area (Å²) in [5.74, 6) is 0.842. The fourth-order valence-corrected chi connectivity index (χ4v) is 1.55. The van der Waals surface area contributed by atoms with Gasteiger partial charge in [-0.3, -0.25) is 4.79 Å². The van der Waals surface area contributed by atoms with Gasteiger partial charge in [0.25, 0.3) is 0 Å². The third-order valence-corrected chi connectivity index (χ3v) is 2.65. The topological polar surface area (TPSA) is 50.4 Å². The third-order valence-electron chi connectivity index (χ3n) is 2.65. The molecule has 4 heteroatoms. The van der Waals surface area contributed by atoms with Gasteiger partial charge < -0.3 is 15.4 Å². The summed E-state index contributed by atoms with van der Waals surface area (Å²) in [6.07, 6.45) is 1.71. The van der Waals surface area contributed by atoms with E-state index in [9.17, 15) is 4.79 Å². The second-order valence-corrected chi connectivity index (χ2v) is 4.24. The zero-order valence-corrected chi connectivity index (χ0v) is 11.6. The lowest BCUT2D eigenvalue weighted by molar-refractivity contribution is -0.122. The van der Waals surface area contributed by atoms with Gasteiger partial charge in [0.05, 0.1) is 6.04 Å². The average molecular weight is 262 g/mol.